The van der Waals surface area contributed by atoms with Crippen LogP contribution in [-0.4, -0.2) is 38.4 Å². The lowest BCUT2D eigenvalue weighted by molar-refractivity contribution is 0.475. The van der Waals surface area contributed by atoms with E-state index in [0.29, 0.717) is 0 Å². The van der Waals surface area contributed by atoms with Crippen molar-refractivity contribution < 1.29 is 4.74 Å². The monoisotopic (exact) mass is 1310 g/mol. The van der Waals surface area contributed by atoms with Gasteiger partial charge in [-0.2, -0.15) is 0 Å². The van der Waals surface area contributed by atoms with Crippen LogP contribution in [0.2, 0.25) is 0 Å². The number of nitrogens with zero attached hydrogens (tertiary/aromatic N) is 4. The number of fused-ring (bicyclic) bond motifs is 21. The highest BCUT2D eigenvalue weighted by atomic mass is 16.5. The molecule has 104 heavy (non-hydrogen) atoms. The van der Waals surface area contributed by atoms with Crippen molar-refractivity contribution in [3.8, 4) is 78.8 Å². The highest BCUT2D eigenvalue weighted by molar-refractivity contribution is 7.00. The van der Waals surface area contributed by atoms with Gasteiger partial charge in [0.25, 0.3) is 0 Å². The van der Waals surface area contributed by atoms with Crippen LogP contribution in [0.1, 0.15) is 0 Å². The fourth-order valence-corrected chi connectivity index (χ4v) is 19.6. The molecule has 0 amide bonds. The van der Waals surface area contributed by atoms with Crippen LogP contribution in [0.5, 0.6) is 11.5 Å². The lowest BCUT2D eigenvalue weighted by Crippen LogP contribution is -2.57. The Bertz CT molecular complexity index is 7160. The first-order valence-corrected chi connectivity index (χ1v) is 36.3. The van der Waals surface area contributed by atoms with E-state index < -0.39 is 0 Å². The zero-order valence-electron chi connectivity index (χ0n) is 56.3. The van der Waals surface area contributed by atoms with Gasteiger partial charge >= 0.3 is 0 Å². The number of hydrogen-bond donors (Lipinski definition) is 0. The van der Waals surface area contributed by atoms with Crippen molar-refractivity contribution >= 4 is 157 Å². The SMILES string of the molecule is c1ccc(-c2ccccc2B2c3cc4c(cc3-n3c5ccccc5c5cccc2c53)c2cccc3c2n4-c2ccc(-c4ccc(B5c6ccc7c(c6-n6c8ccccc8c8cccc5c86)Oc5cccc6c8ccccc8n-7c56)c(-c5ccccc5)c4)cc2B3c2ccccc2-c2ccccc2)cc1. The predicted octanol–water partition coefficient (Wildman–Crippen LogP) is 17.3. The highest BCUT2D eigenvalue weighted by Crippen LogP contribution is 2.50. The number of ether oxygens (including phenoxy) is 1. The lowest BCUT2D eigenvalue weighted by atomic mass is 9.34. The average Bonchev–Trinajstić information content (AvgIpc) is 1.62. The zero-order valence-corrected chi connectivity index (χ0v) is 56.3. The third kappa shape index (κ3) is 7.55. The molecule has 4 aliphatic heterocycles. The summed E-state index contributed by atoms with van der Waals surface area (Å²) in [6.45, 7) is -0.366. The second kappa shape index (κ2) is 21.1. The van der Waals surface area contributed by atoms with Gasteiger partial charge in [0.05, 0.1) is 39.0 Å². The summed E-state index contributed by atoms with van der Waals surface area (Å²) >= 11 is 0. The first kappa shape index (κ1) is 56.5. The van der Waals surface area contributed by atoms with E-state index in [4.69, 9.17) is 4.74 Å². The van der Waals surface area contributed by atoms with Crippen molar-refractivity contribution in [1.29, 1.82) is 0 Å². The summed E-state index contributed by atoms with van der Waals surface area (Å²) in [5.74, 6) is 1.73. The number of benzene rings is 16. The first-order chi connectivity index (χ1) is 51.7. The summed E-state index contributed by atoms with van der Waals surface area (Å²) in [5, 5.41) is 9.90. The summed E-state index contributed by atoms with van der Waals surface area (Å²) in [6.07, 6.45) is 0. The molecule has 5 nitrogen and oxygen atoms in total. The Morgan fingerprint density at radius 2 is 0.596 bits per heavy atom. The van der Waals surface area contributed by atoms with Crippen LogP contribution in [-0.2, 0) is 0 Å². The molecule has 0 spiro atoms. The smallest absolute Gasteiger partial charge is 0.247 e. The molecule has 0 unspecified atom stereocenters. The molecule has 4 aliphatic rings. The lowest BCUT2D eigenvalue weighted by Gasteiger charge is -2.32. The zero-order chi connectivity index (χ0) is 67.6. The molecule has 0 N–H and O–H groups in total. The maximum atomic E-state index is 7.45. The Balaban J connectivity index is 0.746. The molecule has 0 fully saturated rings. The Kier molecular flexibility index (Phi) is 11.5. The third-order valence-electron chi connectivity index (χ3n) is 23.8. The summed E-state index contributed by atoms with van der Waals surface area (Å²) < 4.78 is 17.7. The number of hydrogen-bond acceptors (Lipinski definition) is 1. The quantitative estimate of drug-likeness (QED) is 0.146. The van der Waals surface area contributed by atoms with Crippen molar-refractivity contribution in [1.82, 2.24) is 18.3 Å². The minimum absolute atomic E-state index is 0.0720. The minimum Gasteiger partial charge on any atom is -0.451 e. The number of para-hydroxylation sites is 7. The second-order valence-electron chi connectivity index (χ2n) is 28.8. The van der Waals surface area contributed by atoms with Crippen molar-refractivity contribution in [3.05, 3.63) is 346 Å². The van der Waals surface area contributed by atoms with E-state index in [0.717, 1.165) is 45.0 Å². The van der Waals surface area contributed by atoms with Gasteiger partial charge in [-0.1, -0.05) is 308 Å². The second-order valence-corrected chi connectivity index (χ2v) is 28.8. The Hall–Kier alpha value is -13.3. The maximum absolute atomic E-state index is 7.45. The molecule has 24 rings (SSSR count). The van der Waals surface area contributed by atoms with Gasteiger partial charge in [-0.15, -0.1) is 0 Å². The van der Waals surface area contributed by atoms with E-state index in [1.165, 1.54) is 170 Å². The molecule has 0 radical (unpaired) electrons. The normalized spacial score (nSPS) is 13.0. The molecule has 0 aliphatic carbocycles. The Morgan fingerprint density at radius 3 is 1.19 bits per heavy atom. The van der Waals surface area contributed by atoms with Crippen LogP contribution in [0.4, 0.5) is 0 Å². The van der Waals surface area contributed by atoms with E-state index in [1.54, 1.807) is 0 Å². The van der Waals surface area contributed by atoms with Crippen molar-refractivity contribution in [2.24, 2.45) is 0 Å². The van der Waals surface area contributed by atoms with Crippen LogP contribution >= 0.6 is 0 Å². The number of aromatic nitrogens is 4. The van der Waals surface area contributed by atoms with Crippen molar-refractivity contribution in [2.45, 2.75) is 0 Å². The molecule has 0 bridgehead atoms. The van der Waals surface area contributed by atoms with Gasteiger partial charge in [0.2, 0.25) is 20.1 Å². The average molecular weight is 1310 g/mol. The molecule has 4 aromatic heterocycles. The van der Waals surface area contributed by atoms with Crippen molar-refractivity contribution in [2.75, 3.05) is 0 Å². The molecule has 8 heteroatoms. The molecule has 0 atom stereocenters. The molecule has 476 valence electrons. The van der Waals surface area contributed by atoms with E-state index in [2.05, 4.69) is 364 Å². The van der Waals surface area contributed by atoms with Gasteiger partial charge in [-0.3, -0.25) is 0 Å². The predicted molar refractivity (Wildman–Crippen MR) is 439 cm³/mol. The highest BCUT2D eigenvalue weighted by Gasteiger charge is 2.42. The summed E-state index contributed by atoms with van der Waals surface area (Å²) in [7, 11) is 0. The molecule has 0 saturated heterocycles. The van der Waals surface area contributed by atoms with Gasteiger partial charge in [0.1, 0.15) is 0 Å². The minimum atomic E-state index is -0.168. The Labute approximate surface area is 600 Å². The molecule has 20 aromatic rings. The van der Waals surface area contributed by atoms with Gasteiger partial charge in [0, 0.05) is 71.0 Å². The van der Waals surface area contributed by atoms with E-state index in [9.17, 15) is 0 Å². The van der Waals surface area contributed by atoms with Gasteiger partial charge < -0.3 is 23.0 Å². The standard InChI is InChI=1S/C96H57B3N4O/c1-4-24-58(25-5-1)63-30-10-15-39-74(63)98-78-42-22-37-71-73-56-89-82(99(75-40-16-11-31-64(75)59-26-6-2-7-27-59)77-41-20-35-68-65-32-12-18-45-84(65)101(89)91(68)77)57-88(73)102(92(71)78)86-52-49-62(55-81(86)98)61-48-50-76(72(54-61)60-28-8-3-9-29-60)97-79-43-21-36-69-66-33-14-19-46-85(66)103(93(69)79)95-80(97)51-53-87-96(95)104-90-47-23-38-70-67-34-13-17-44-83(67)100(87)94(70)90/h1-57H. The fourth-order valence-electron chi connectivity index (χ4n) is 19.6. The van der Waals surface area contributed by atoms with Gasteiger partial charge in [0.15, 0.2) is 11.5 Å². The van der Waals surface area contributed by atoms with E-state index >= 15 is 0 Å². The summed E-state index contributed by atoms with van der Waals surface area (Å²) in [5.41, 5.74) is 35.2. The van der Waals surface area contributed by atoms with Crippen LogP contribution in [0.3, 0.4) is 0 Å². The van der Waals surface area contributed by atoms with Crippen LogP contribution in [0.15, 0.2) is 346 Å². The van der Waals surface area contributed by atoms with E-state index in [1.807, 2.05) is 0 Å². The molecular weight excluding hydrogens is 1260 g/mol. The van der Waals surface area contributed by atoms with Gasteiger partial charge in [-0.25, -0.2) is 0 Å². The number of rotatable bonds is 7. The van der Waals surface area contributed by atoms with Crippen LogP contribution in [0, 0.1) is 0 Å². The molecule has 0 saturated carbocycles. The Morgan fingerprint density at radius 1 is 0.202 bits per heavy atom. The third-order valence-corrected chi connectivity index (χ3v) is 23.8. The largest absolute Gasteiger partial charge is 0.451 e. The maximum Gasteiger partial charge on any atom is 0.247 e. The summed E-state index contributed by atoms with van der Waals surface area (Å²) in [6, 6.07) is 130. The molecule has 8 heterocycles. The van der Waals surface area contributed by atoms with Crippen LogP contribution in [0.25, 0.3) is 154 Å². The van der Waals surface area contributed by atoms with Crippen LogP contribution < -0.4 is 53.9 Å². The summed E-state index contributed by atoms with van der Waals surface area (Å²) in [4.78, 5) is 0. The first-order valence-electron chi connectivity index (χ1n) is 36.3. The molecule has 16 aromatic carbocycles. The fraction of sp³-hybridized carbons (Fsp3) is 0. The molecular formula is C96H57B3N4O. The van der Waals surface area contributed by atoms with E-state index in [-0.39, 0.29) is 20.1 Å². The van der Waals surface area contributed by atoms with Crippen molar-refractivity contribution in [3.63, 3.8) is 0 Å². The van der Waals surface area contributed by atoms with Gasteiger partial charge in [-0.05, 0) is 132 Å². The topological polar surface area (TPSA) is 28.9 Å².